The molecule has 0 heterocycles. The zero-order chi connectivity index (χ0) is 12.7. The Morgan fingerprint density at radius 3 is 2.00 bits per heavy atom. The minimum absolute atomic E-state index is 0.477. The molecule has 0 aromatic heterocycles. The van der Waals surface area contributed by atoms with Crippen LogP contribution < -0.4 is 0 Å². The molecule has 0 aromatic rings. The van der Waals surface area contributed by atoms with Crippen LogP contribution in [0.1, 0.15) is 65.7 Å². The van der Waals surface area contributed by atoms with E-state index in [0.29, 0.717) is 5.41 Å². The second kappa shape index (κ2) is 7.68. The summed E-state index contributed by atoms with van der Waals surface area (Å²) in [4.78, 5) is 2.75. The Hall–Kier alpha value is 0.310. The van der Waals surface area contributed by atoms with Crippen molar-refractivity contribution in [1.29, 1.82) is 0 Å². The molecule has 0 spiro atoms. The van der Waals surface area contributed by atoms with Crippen molar-refractivity contribution in [3.8, 4) is 0 Å². The van der Waals surface area contributed by atoms with Gasteiger partial charge in [-0.1, -0.05) is 33.6 Å². The second-order valence-electron chi connectivity index (χ2n) is 5.86. The summed E-state index contributed by atoms with van der Waals surface area (Å²) >= 11 is 4.67. The molecule has 1 aliphatic rings. The lowest BCUT2D eigenvalue weighted by Crippen LogP contribution is -2.40. The SMILES string of the molecule is CCCN(CC(CS)(CCC)CCC)C1CC1. The van der Waals surface area contributed by atoms with Crippen molar-refractivity contribution in [2.24, 2.45) is 5.41 Å². The molecule has 0 saturated heterocycles. The Labute approximate surface area is 114 Å². The molecule has 0 aliphatic heterocycles. The molecule has 1 nitrogen and oxygen atoms in total. The van der Waals surface area contributed by atoms with E-state index in [1.165, 1.54) is 58.0 Å². The fourth-order valence-corrected chi connectivity index (χ4v) is 3.52. The zero-order valence-corrected chi connectivity index (χ0v) is 12.9. The Morgan fingerprint density at radius 1 is 1.06 bits per heavy atom. The van der Waals surface area contributed by atoms with Gasteiger partial charge in [0.15, 0.2) is 0 Å². The number of thiol groups is 1. The van der Waals surface area contributed by atoms with Crippen LogP contribution in [0.15, 0.2) is 0 Å². The molecule has 2 heteroatoms. The molecule has 1 saturated carbocycles. The normalized spacial score (nSPS) is 16.8. The Morgan fingerprint density at radius 2 is 1.65 bits per heavy atom. The first kappa shape index (κ1) is 15.4. The average Bonchev–Trinajstić information content (AvgIpc) is 3.13. The van der Waals surface area contributed by atoms with Crippen molar-refractivity contribution >= 4 is 12.6 Å². The molecule has 102 valence electrons. The van der Waals surface area contributed by atoms with Crippen molar-refractivity contribution in [1.82, 2.24) is 4.90 Å². The monoisotopic (exact) mass is 257 g/mol. The van der Waals surface area contributed by atoms with E-state index in [1.807, 2.05) is 0 Å². The first-order valence-corrected chi connectivity index (χ1v) is 8.19. The van der Waals surface area contributed by atoms with Crippen LogP contribution in [0.2, 0.25) is 0 Å². The highest BCUT2D eigenvalue weighted by molar-refractivity contribution is 7.80. The summed E-state index contributed by atoms with van der Waals surface area (Å²) in [5.74, 6) is 1.06. The van der Waals surface area contributed by atoms with Crippen molar-refractivity contribution in [2.75, 3.05) is 18.8 Å². The van der Waals surface area contributed by atoms with Gasteiger partial charge in [-0.3, -0.25) is 4.90 Å². The maximum Gasteiger partial charge on any atom is 0.00966 e. The van der Waals surface area contributed by atoms with Gasteiger partial charge in [-0.15, -0.1) is 0 Å². The molecule has 17 heavy (non-hydrogen) atoms. The summed E-state index contributed by atoms with van der Waals surface area (Å²) in [5, 5.41) is 0. The molecule has 0 atom stereocenters. The fourth-order valence-electron chi connectivity index (χ4n) is 3.10. The van der Waals surface area contributed by atoms with E-state index in [2.05, 4.69) is 38.3 Å². The van der Waals surface area contributed by atoms with Crippen molar-refractivity contribution < 1.29 is 0 Å². The highest BCUT2D eigenvalue weighted by Gasteiger charge is 2.35. The van der Waals surface area contributed by atoms with Gasteiger partial charge >= 0.3 is 0 Å². The van der Waals surface area contributed by atoms with Gasteiger partial charge in [-0.05, 0) is 49.8 Å². The van der Waals surface area contributed by atoms with Crippen LogP contribution in [0.5, 0.6) is 0 Å². The van der Waals surface area contributed by atoms with Crippen LogP contribution in [0.25, 0.3) is 0 Å². The lowest BCUT2D eigenvalue weighted by molar-refractivity contribution is 0.140. The molecule has 0 aromatic carbocycles. The largest absolute Gasteiger partial charge is 0.300 e. The van der Waals surface area contributed by atoms with Crippen molar-refractivity contribution in [2.45, 2.75) is 71.8 Å². The smallest absolute Gasteiger partial charge is 0.00966 e. The maximum atomic E-state index is 4.67. The zero-order valence-electron chi connectivity index (χ0n) is 12.0. The highest BCUT2D eigenvalue weighted by Crippen LogP contribution is 2.36. The van der Waals surface area contributed by atoms with Gasteiger partial charge in [0.1, 0.15) is 0 Å². The third kappa shape index (κ3) is 4.82. The molecule has 1 fully saturated rings. The number of rotatable bonds is 10. The standard InChI is InChI=1S/C15H31NS/c1-4-9-15(13-17,10-5-2)12-16(11-6-3)14-7-8-14/h14,17H,4-13H2,1-3H3. The molecule has 0 radical (unpaired) electrons. The maximum absolute atomic E-state index is 4.67. The van der Waals surface area contributed by atoms with Crippen LogP contribution in [0.3, 0.4) is 0 Å². The predicted octanol–water partition coefficient (Wildman–Crippen LogP) is 4.38. The summed E-state index contributed by atoms with van der Waals surface area (Å²) in [6, 6.07) is 0.905. The summed E-state index contributed by atoms with van der Waals surface area (Å²) in [6.07, 6.45) is 9.43. The van der Waals surface area contributed by atoms with Gasteiger partial charge in [0.2, 0.25) is 0 Å². The molecule has 0 bridgehead atoms. The van der Waals surface area contributed by atoms with Gasteiger partial charge in [-0.2, -0.15) is 12.6 Å². The van der Waals surface area contributed by atoms with Crippen LogP contribution >= 0.6 is 12.6 Å². The Bertz CT molecular complexity index is 195. The van der Waals surface area contributed by atoms with Crippen molar-refractivity contribution in [3.05, 3.63) is 0 Å². The third-order valence-electron chi connectivity index (χ3n) is 4.01. The summed E-state index contributed by atoms with van der Waals surface area (Å²) < 4.78 is 0. The van der Waals surface area contributed by atoms with E-state index < -0.39 is 0 Å². The Balaban J connectivity index is 2.60. The molecule has 0 unspecified atom stereocenters. The minimum atomic E-state index is 0.477. The van der Waals surface area contributed by atoms with Crippen LogP contribution in [0, 0.1) is 5.41 Å². The van der Waals surface area contributed by atoms with E-state index >= 15 is 0 Å². The predicted molar refractivity (Wildman–Crippen MR) is 81.0 cm³/mol. The van der Waals surface area contributed by atoms with Gasteiger partial charge in [0.25, 0.3) is 0 Å². The molecular weight excluding hydrogens is 226 g/mol. The second-order valence-corrected chi connectivity index (χ2v) is 6.18. The lowest BCUT2D eigenvalue weighted by atomic mass is 9.80. The third-order valence-corrected chi connectivity index (χ3v) is 4.68. The number of hydrogen-bond donors (Lipinski definition) is 1. The minimum Gasteiger partial charge on any atom is -0.300 e. The highest BCUT2D eigenvalue weighted by atomic mass is 32.1. The summed E-state index contributed by atoms with van der Waals surface area (Å²) in [7, 11) is 0. The van der Waals surface area contributed by atoms with Gasteiger partial charge in [-0.25, -0.2) is 0 Å². The van der Waals surface area contributed by atoms with Gasteiger partial charge < -0.3 is 0 Å². The Kier molecular flexibility index (Phi) is 6.94. The average molecular weight is 257 g/mol. The number of nitrogens with zero attached hydrogens (tertiary/aromatic N) is 1. The fraction of sp³-hybridized carbons (Fsp3) is 1.00. The molecule has 0 N–H and O–H groups in total. The summed E-state index contributed by atoms with van der Waals surface area (Å²) in [6.45, 7) is 9.51. The molecule has 0 amide bonds. The van der Waals surface area contributed by atoms with E-state index in [-0.39, 0.29) is 0 Å². The van der Waals surface area contributed by atoms with Gasteiger partial charge in [0, 0.05) is 12.6 Å². The first-order chi connectivity index (χ1) is 8.21. The van der Waals surface area contributed by atoms with E-state index in [4.69, 9.17) is 0 Å². The quantitative estimate of drug-likeness (QED) is 0.569. The lowest BCUT2D eigenvalue weighted by Gasteiger charge is -2.38. The molecular formula is C15H31NS. The van der Waals surface area contributed by atoms with E-state index in [1.54, 1.807) is 0 Å². The van der Waals surface area contributed by atoms with Crippen LogP contribution in [0.4, 0.5) is 0 Å². The number of hydrogen-bond acceptors (Lipinski definition) is 2. The topological polar surface area (TPSA) is 3.24 Å². The van der Waals surface area contributed by atoms with Crippen LogP contribution in [-0.2, 0) is 0 Å². The van der Waals surface area contributed by atoms with Crippen LogP contribution in [-0.4, -0.2) is 29.8 Å². The van der Waals surface area contributed by atoms with Gasteiger partial charge in [0.05, 0.1) is 0 Å². The van der Waals surface area contributed by atoms with Crippen molar-refractivity contribution in [3.63, 3.8) is 0 Å². The molecule has 1 aliphatic carbocycles. The summed E-state index contributed by atoms with van der Waals surface area (Å²) in [5.41, 5.74) is 0.477. The first-order valence-electron chi connectivity index (χ1n) is 7.56. The van der Waals surface area contributed by atoms with E-state index in [0.717, 1.165) is 11.8 Å². The molecule has 1 rings (SSSR count). The van der Waals surface area contributed by atoms with E-state index in [9.17, 15) is 0 Å².